The molecule has 0 fully saturated rings. The van der Waals surface area contributed by atoms with Gasteiger partial charge in [-0.2, -0.15) is 3.71 Å². The summed E-state index contributed by atoms with van der Waals surface area (Å²) in [6.07, 6.45) is 0. The number of hydrogen-bond acceptors (Lipinski definition) is 6. The normalized spacial score (nSPS) is 12.4. The fraction of sp³-hybridized carbons (Fsp3) is 0.235. The maximum absolute atomic E-state index is 12.4. The molecule has 0 bridgehead atoms. The summed E-state index contributed by atoms with van der Waals surface area (Å²) in [5.41, 5.74) is 1.45. The van der Waals surface area contributed by atoms with Gasteiger partial charge in [0.15, 0.2) is 5.58 Å². The third-order valence-corrected chi connectivity index (χ3v) is 8.41. The predicted molar refractivity (Wildman–Crippen MR) is 106 cm³/mol. The van der Waals surface area contributed by atoms with E-state index in [-0.39, 0.29) is 17.2 Å². The summed E-state index contributed by atoms with van der Waals surface area (Å²) in [5.74, 6) is -0.375. The van der Waals surface area contributed by atoms with Crippen LogP contribution < -0.4 is 3.71 Å². The van der Waals surface area contributed by atoms with Gasteiger partial charge in [0.2, 0.25) is 25.9 Å². The van der Waals surface area contributed by atoms with Crippen LogP contribution in [0, 0.1) is 0 Å². The maximum Gasteiger partial charge on any atom is 0.247 e. The first-order valence-electron chi connectivity index (χ1n) is 8.10. The second-order valence-electron chi connectivity index (χ2n) is 5.68. The molecule has 0 radical (unpaired) electrons. The van der Waals surface area contributed by atoms with E-state index in [0.717, 1.165) is 0 Å². The Morgan fingerprint density at radius 3 is 2.11 bits per heavy atom. The molecular formula is C17H17ClN2O5S2. The molecule has 1 heterocycles. The Morgan fingerprint density at radius 1 is 0.963 bits per heavy atom. The molecule has 0 saturated heterocycles. The molecule has 10 heteroatoms. The lowest BCUT2D eigenvalue weighted by molar-refractivity contribution is 0.585. The molecule has 144 valence electrons. The van der Waals surface area contributed by atoms with Crippen LogP contribution >= 0.6 is 11.6 Å². The third-order valence-electron chi connectivity index (χ3n) is 3.91. The minimum atomic E-state index is -4.03. The highest BCUT2D eigenvalue weighted by Gasteiger charge is 2.32. The Labute approximate surface area is 162 Å². The zero-order chi connectivity index (χ0) is 19.8. The van der Waals surface area contributed by atoms with Crippen LogP contribution in [-0.4, -0.2) is 33.3 Å². The molecule has 0 atom stereocenters. The van der Waals surface area contributed by atoms with Crippen molar-refractivity contribution < 1.29 is 21.3 Å². The Kier molecular flexibility index (Phi) is 5.20. The van der Waals surface area contributed by atoms with Crippen molar-refractivity contribution in [3.8, 4) is 11.5 Å². The van der Waals surface area contributed by atoms with Crippen molar-refractivity contribution in [3.05, 3.63) is 47.5 Å². The molecule has 0 N–H and O–H groups in total. The van der Waals surface area contributed by atoms with E-state index in [0.29, 0.717) is 31.3 Å². The number of oxazole rings is 1. The van der Waals surface area contributed by atoms with E-state index >= 15 is 0 Å². The van der Waals surface area contributed by atoms with E-state index in [2.05, 4.69) is 4.98 Å². The van der Waals surface area contributed by atoms with Gasteiger partial charge in [0.25, 0.3) is 0 Å². The number of rotatable bonds is 6. The van der Waals surface area contributed by atoms with Crippen LogP contribution in [0.2, 0.25) is 5.02 Å². The van der Waals surface area contributed by atoms with Gasteiger partial charge >= 0.3 is 0 Å². The average Bonchev–Trinajstić information content (AvgIpc) is 3.05. The molecule has 0 saturated carbocycles. The summed E-state index contributed by atoms with van der Waals surface area (Å²) in [7, 11) is -8.06. The molecule has 7 nitrogen and oxygen atoms in total. The van der Waals surface area contributed by atoms with E-state index in [1.165, 1.54) is 32.0 Å². The monoisotopic (exact) mass is 428 g/mol. The average molecular weight is 429 g/mol. The number of aromatic nitrogens is 1. The maximum atomic E-state index is 12.4. The smallest absolute Gasteiger partial charge is 0.247 e. The number of benzene rings is 2. The van der Waals surface area contributed by atoms with Gasteiger partial charge < -0.3 is 4.42 Å². The second-order valence-corrected chi connectivity index (χ2v) is 10.6. The highest BCUT2D eigenvalue weighted by molar-refractivity contribution is 8.10. The van der Waals surface area contributed by atoms with Crippen LogP contribution in [0.4, 0.5) is 5.69 Å². The topological polar surface area (TPSA) is 97.6 Å². The molecule has 0 amide bonds. The molecular weight excluding hydrogens is 412 g/mol. The Hall–Kier alpha value is -2.10. The van der Waals surface area contributed by atoms with Gasteiger partial charge in [-0.1, -0.05) is 11.6 Å². The van der Waals surface area contributed by atoms with Gasteiger partial charge in [0, 0.05) is 10.6 Å². The van der Waals surface area contributed by atoms with Crippen molar-refractivity contribution in [2.24, 2.45) is 0 Å². The molecule has 3 aromatic rings. The lowest BCUT2D eigenvalue weighted by Gasteiger charge is -2.22. The zero-order valence-corrected chi connectivity index (χ0v) is 17.0. The first-order valence-corrected chi connectivity index (χ1v) is 11.7. The van der Waals surface area contributed by atoms with Crippen molar-refractivity contribution in [1.29, 1.82) is 0 Å². The van der Waals surface area contributed by atoms with Gasteiger partial charge in [-0.15, -0.1) is 0 Å². The van der Waals surface area contributed by atoms with Gasteiger partial charge in [0.1, 0.15) is 5.52 Å². The van der Waals surface area contributed by atoms with Gasteiger partial charge in [-0.3, -0.25) is 0 Å². The number of halogens is 1. The largest absolute Gasteiger partial charge is 0.436 e. The van der Waals surface area contributed by atoms with E-state index in [1.54, 1.807) is 24.3 Å². The number of sulfonamides is 2. The van der Waals surface area contributed by atoms with E-state index in [1.807, 2.05) is 0 Å². The first kappa shape index (κ1) is 19.7. The molecule has 1 aromatic heterocycles. The lowest BCUT2D eigenvalue weighted by Crippen LogP contribution is -2.39. The molecule has 0 aliphatic carbocycles. The predicted octanol–water partition coefficient (Wildman–Crippen LogP) is 3.65. The highest BCUT2D eigenvalue weighted by Crippen LogP contribution is 2.30. The fourth-order valence-corrected chi connectivity index (χ4v) is 5.96. The van der Waals surface area contributed by atoms with Crippen molar-refractivity contribution >= 4 is 48.4 Å². The van der Waals surface area contributed by atoms with Gasteiger partial charge in [-0.25, -0.2) is 21.8 Å². The van der Waals surface area contributed by atoms with Crippen molar-refractivity contribution in [1.82, 2.24) is 4.98 Å². The number of fused-ring (bicyclic) bond motifs is 1. The summed E-state index contributed by atoms with van der Waals surface area (Å²) in [6.45, 7) is 2.78. The second kappa shape index (κ2) is 7.14. The highest BCUT2D eigenvalue weighted by atomic mass is 35.5. The Bertz CT molecular complexity index is 1150. The van der Waals surface area contributed by atoms with Gasteiger partial charge in [-0.05, 0) is 56.3 Å². The van der Waals surface area contributed by atoms with Crippen LogP contribution in [-0.2, 0) is 20.0 Å². The number of hydrogen-bond donors (Lipinski definition) is 0. The third kappa shape index (κ3) is 3.80. The summed E-state index contributed by atoms with van der Waals surface area (Å²) in [5, 5.41) is 0.572. The molecule has 27 heavy (non-hydrogen) atoms. The molecule has 0 aliphatic rings. The van der Waals surface area contributed by atoms with E-state index in [4.69, 9.17) is 16.0 Å². The van der Waals surface area contributed by atoms with Crippen molar-refractivity contribution in [2.75, 3.05) is 15.2 Å². The summed E-state index contributed by atoms with van der Waals surface area (Å²) in [4.78, 5) is 4.35. The number of anilines is 1. The molecule has 2 aromatic carbocycles. The van der Waals surface area contributed by atoms with Crippen LogP contribution in [0.1, 0.15) is 13.8 Å². The summed E-state index contributed by atoms with van der Waals surface area (Å²) in [6, 6.07) is 11.1. The number of nitrogens with zero attached hydrogens (tertiary/aromatic N) is 2. The SMILES string of the molecule is CCS(=O)(=O)N(c1ccc2oc(-c3ccc(Cl)cc3)nc2c1)S(=O)(=O)CC. The Morgan fingerprint density at radius 2 is 1.56 bits per heavy atom. The molecule has 0 spiro atoms. The molecule has 0 aliphatic heterocycles. The van der Waals surface area contributed by atoms with Crippen LogP contribution in [0.25, 0.3) is 22.6 Å². The van der Waals surface area contributed by atoms with Gasteiger partial charge in [0.05, 0.1) is 17.2 Å². The molecule has 3 rings (SSSR count). The quantitative estimate of drug-likeness (QED) is 0.594. The Balaban J connectivity index is 2.13. The van der Waals surface area contributed by atoms with Crippen LogP contribution in [0.15, 0.2) is 46.9 Å². The van der Waals surface area contributed by atoms with Crippen molar-refractivity contribution in [2.45, 2.75) is 13.8 Å². The lowest BCUT2D eigenvalue weighted by atomic mass is 10.2. The standard InChI is InChI=1S/C17H17ClN2O5S2/c1-3-26(21,22)20(27(23,24)4-2)14-9-10-16-15(11-14)19-17(25-16)12-5-7-13(18)8-6-12/h5-11H,3-4H2,1-2H3. The summed E-state index contributed by atoms with van der Waals surface area (Å²) < 4.78 is 55.7. The van der Waals surface area contributed by atoms with Crippen molar-refractivity contribution in [3.63, 3.8) is 0 Å². The zero-order valence-electron chi connectivity index (χ0n) is 14.6. The first-order chi connectivity index (χ1) is 12.7. The summed E-state index contributed by atoms with van der Waals surface area (Å²) >= 11 is 5.88. The van der Waals surface area contributed by atoms with E-state index < -0.39 is 20.0 Å². The van der Waals surface area contributed by atoms with E-state index in [9.17, 15) is 16.8 Å². The molecule has 0 unspecified atom stereocenters. The minimum Gasteiger partial charge on any atom is -0.436 e. The fourth-order valence-electron chi connectivity index (χ4n) is 2.47. The minimum absolute atomic E-state index is 0.00200. The van der Waals surface area contributed by atoms with Crippen LogP contribution in [0.5, 0.6) is 0 Å². The van der Waals surface area contributed by atoms with Crippen LogP contribution in [0.3, 0.4) is 0 Å².